The van der Waals surface area contributed by atoms with Gasteiger partial charge in [0.2, 0.25) is 0 Å². The van der Waals surface area contributed by atoms with Crippen molar-refractivity contribution in [3.05, 3.63) is 34.9 Å². The second-order valence-corrected chi connectivity index (χ2v) is 5.09. The predicted molar refractivity (Wildman–Crippen MR) is 73.9 cm³/mol. The minimum absolute atomic E-state index is 0.133. The highest BCUT2D eigenvalue weighted by Gasteiger charge is 2.31. The van der Waals surface area contributed by atoms with Crippen molar-refractivity contribution in [3.8, 4) is 0 Å². The number of alkyl halides is 3. The molecule has 1 N–H and O–H groups in total. The van der Waals surface area contributed by atoms with Crippen LogP contribution < -0.4 is 5.32 Å². The Bertz CT molecular complexity index is 432. The monoisotopic (exact) mass is 289 g/mol. The summed E-state index contributed by atoms with van der Waals surface area (Å²) in [6.07, 6.45) is -4.28. The largest absolute Gasteiger partial charge is 0.416 e. The van der Waals surface area contributed by atoms with Gasteiger partial charge in [-0.3, -0.25) is 0 Å². The maximum absolute atomic E-state index is 12.6. The van der Waals surface area contributed by atoms with Gasteiger partial charge in [0.25, 0.3) is 0 Å². The first-order chi connectivity index (χ1) is 9.27. The molecule has 2 unspecified atom stereocenters. The summed E-state index contributed by atoms with van der Waals surface area (Å²) >= 11 is 0. The number of nitrogens with one attached hydrogen (secondary N) is 1. The molecule has 1 rings (SSSR count). The number of rotatable bonds is 6. The van der Waals surface area contributed by atoms with Crippen LogP contribution in [0.4, 0.5) is 13.2 Å². The molecule has 0 bridgehead atoms. The number of halogens is 3. The van der Waals surface area contributed by atoms with Gasteiger partial charge in [-0.2, -0.15) is 13.2 Å². The van der Waals surface area contributed by atoms with E-state index < -0.39 is 11.7 Å². The highest BCUT2D eigenvalue weighted by atomic mass is 19.4. The normalized spacial score (nSPS) is 15.2. The average Bonchev–Trinajstić information content (AvgIpc) is 2.37. The maximum Gasteiger partial charge on any atom is 0.416 e. The summed E-state index contributed by atoms with van der Waals surface area (Å²) in [5, 5.41) is 3.31. The third kappa shape index (κ3) is 4.49. The van der Waals surface area contributed by atoms with E-state index in [1.165, 1.54) is 6.07 Å². The number of hydrogen-bond donors (Lipinski definition) is 1. The zero-order valence-corrected chi connectivity index (χ0v) is 12.3. The van der Waals surface area contributed by atoms with Gasteiger partial charge in [0.15, 0.2) is 0 Å². The second-order valence-electron chi connectivity index (χ2n) is 5.09. The Morgan fingerprint density at radius 1 is 1.25 bits per heavy atom. The predicted octanol–water partition coefficient (Wildman–Crippen LogP) is 3.74. The lowest BCUT2D eigenvalue weighted by Crippen LogP contribution is -2.33. The Morgan fingerprint density at radius 3 is 2.40 bits per heavy atom. The van der Waals surface area contributed by atoms with Gasteiger partial charge in [0, 0.05) is 19.7 Å². The topological polar surface area (TPSA) is 21.3 Å². The van der Waals surface area contributed by atoms with Gasteiger partial charge in [-0.1, -0.05) is 13.0 Å². The van der Waals surface area contributed by atoms with E-state index in [2.05, 4.69) is 5.32 Å². The van der Waals surface area contributed by atoms with Crippen molar-refractivity contribution in [2.24, 2.45) is 0 Å². The first-order valence-corrected chi connectivity index (χ1v) is 6.67. The van der Waals surface area contributed by atoms with Crippen molar-refractivity contribution in [2.45, 2.75) is 38.9 Å². The molecule has 0 aliphatic heterocycles. The Kier molecular flexibility index (Phi) is 6.02. The van der Waals surface area contributed by atoms with E-state index in [0.29, 0.717) is 12.2 Å². The van der Waals surface area contributed by atoms with E-state index >= 15 is 0 Å². The Balaban J connectivity index is 2.81. The van der Waals surface area contributed by atoms with Crippen molar-refractivity contribution in [1.29, 1.82) is 0 Å². The number of benzene rings is 1. The average molecular weight is 289 g/mol. The standard InChI is InChI=1S/C15H22F3NO/c1-10-9-13(15(16,17)18)5-6-14(10)11(2)12(3)19-7-8-20-4/h5-6,9,11-12,19H,7-8H2,1-4H3. The first kappa shape index (κ1) is 17.0. The van der Waals surface area contributed by atoms with E-state index in [0.717, 1.165) is 18.2 Å². The molecule has 0 aliphatic rings. The summed E-state index contributed by atoms with van der Waals surface area (Å²) < 4.78 is 42.9. The van der Waals surface area contributed by atoms with Gasteiger partial charge in [-0.05, 0) is 43.0 Å². The van der Waals surface area contributed by atoms with E-state index in [9.17, 15) is 13.2 Å². The molecule has 0 heterocycles. The lowest BCUT2D eigenvalue weighted by Gasteiger charge is -2.24. The molecule has 2 nitrogen and oxygen atoms in total. The molecule has 0 saturated carbocycles. The highest BCUT2D eigenvalue weighted by molar-refractivity contribution is 5.35. The summed E-state index contributed by atoms with van der Waals surface area (Å²) in [4.78, 5) is 0. The molecule has 0 radical (unpaired) electrons. The molecule has 0 fully saturated rings. The molecule has 0 aliphatic carbocycles. The van der Waals surface area contributed by atoms with Crippen molar-refractivity contribution in [3.63, 3.8) is 0 Å². The van der Waals surface area contributed by atoms with Crippen LogP contribution in [0.5, 0.6) is 0 Å². The van der Waals surface area contributed by atoms with Crippen molar-refractivity contribution in [2.75, 3.05) is 20.3 Å². The zero-order chi connectivity index (χ0) is 15.3. The quantitative estimate of drug-likeness (QED) is 0.805. The van der Waals surface area contributed by atoms with E-state index in [1.807, 2.05) is 13.8 Å². The molecule has 0 amide bonds. The summed E-state index contributed by atoms with van der Waals surface area (Å²) in [6, 6.07) is 4.12. The van der Waals surface area contributed by atoms with E-state index in [1.54, 1.807) is 20.1 Å². The minimum Gasteiger partial charge on any atom is -0.383 e. The SMILES string of the molecule is COCCNC(C)C(C)c1ccc(C(F)(F)F)cc1C. The van der Waals surface area contributed by atoms with E-state index in [-0.39, 0.29) is 12.0 Å². The Labute approximate surface area is 118 Å². The van der Waals surface area contributed by atoms with Gasteiger partial charge in [-0.25, -0.2) is 0 Å². The smallest absolute Gasteiger partial charge is 0.383 e. The van der Waals surface area contributed by atoms with Crippen LogP contribution in [0.1, 0.15) is 36.5 Å². The summed E-state index contributed by atoms with van der Waals surface area (Å²) in [7, 11) is 1.63. The van der Waals surface area contributed by atoms with Crippen LogP contribution in [0, 0.1) is 6.92 Å². The Hall–Kier alpha value is -1.07. The summed E-state index contributed by atoms with van der Waals surface area (Å²) in [5.41, 5.74) is 1.02. The molecule has 1 aromatic carbocycles. The van der Waals surface area contributed by atoms with Crippen LogP contribution in [-0.2, 0) is 10.9 Å². The Morgan fingerprint density at radius 2 is 1.90 bits per heavy atom. The van der Waals surface area contributed by atoms with Crippen LogP contribution in [0.3, 0.4) is 0 Å². The van der Waals surface area contributed by atoms with Gasteiger partial charge < -0.3 is 10.1 Å². The van der Waals surface area contributed by atoms with Crippen LogP contribution in [0.2, 0.25) is 0 Å². The van der Waals surface area contributed by atoms with Crippen LogP contribution in [0.15, 0.2) is 18.2 Å². The lowest BCUT2D eigenvalue weighted by molar-refractivity contribution is -0.137. The summed E-state index contributed by atoms with van der Waals surface area (Å²) in [6.45, 7) is 7.10. The molecule has 0 aromatic heterocycles. The zero-order valence-electron chi connectivity index (χ0n) is 12.3. The third-order valence-corrected chi connectivity index (χ3v) is 3.61. The maximum atomic E-state index is 12.6. The van der Waals surface area contributed by atoms with Crippen molar-refractivity contribution < 1.29 is 17.9 Å². The fourth-order valence-electron chi connectivity index (χ4n) is 2.20. The third-order valence-electron chi connectivity index (χ3n) is 3.61. The number of hydrogen-bond acceptors (Lipinski definition) is 2. The molecule has 20 heavy (non-hydrogen) atoms. The first-order valence-electron chi connectivity index (χ1n) is 6.67. The van der Waals surface area contributed by atoms with Gasteiger partial charge >= 0.3 is 6.18 Å². The molecule has 114 valence electrons. The fourth-order valence-corrected chi connectivity index (χ4v) is 2.20. The fraction of sp³-hybridized carbons (Fsp3) is 0.600. The molecular formula is C15H22F3NO. The summed E-state index contributed by atoms with van der Waals surface area (Å²) in [5.74, 6) is 0.133. The van der Waals surface area contributed by atoms with Gasteiger partial charge in [0.05, 0.1) is 12.2 Å². The number of ether oxygens (including phenoxy) is 1. The van der Waals surface area contributed by atoms with Crippen LogP contribution in [0.25, 0.3) is 0 Å². The van der Waals surface area contributed by atoms with Crippen LogP contribution in [-0.4, -0.2) is 26.3 Å². The highest BCUT2D eigenvalue weighted by Crippen LogP contribution is 2.32. The van der Waals surface area contributed by atoms with Gasteiger partial charge in [0.1, 0.15) is 0 Å². The molecule has 5 heteroatoms. The molecule has 2 atom stereocenters. The molecule has 0 saturated heterocycles. The number of aryl methyl sites for hydroxylation is 1. The van der Waals surface area contributed by atoms with Gasteiger partial charge in [-0.15, -0.1) is 0 Å². The minimum atomic E-state index is -4.28. The molecular weight excluding hydrogens is 267 g/mol. The van der Waals surface area contributed by atoms with Crippen LogP contribution >= 0.6 is 0 Å². The molecule has 0 spiro atoms. The van der Waals surface area contributed by atoms with E-state index in [4.69, 9.17) is 4.74 Å². The van der Waals surface area contributed by atoms with Crippen molar-refractivity contribution >= 4 is 0 Å². The second kappa shape index (κ2) is 7.09. The number of methoxy groups -OCH3 is 1. The van der Waals surface area contributed by atoms with Crippen molar-refractivity contribution in [1.82, 2.24) is 5.32 Å². The molecule has 1 aromatic rings. The lowest BCUT2D eigenvalue weighted by atomic mass is 9.90.